The number of rotatable bonds is 4. The molecular weight excluding hydrogens is 213 g/mol. The van der Waals surface area contributed by atoms with Crippen molar-refractivity contribution < 1.29 is 4.39 Å². The maximum absolute atomic E-state index is 12.8. The fraction of sp³-hybridized carbons (Fsp3) is 0.200. The molecule has 1 aromatic carbocycles. The summed E-state index contributed by atoms with van der Waals surface area (Å²) in [4.78, 5) is 0. The van der Waals surface area contributed by atoms with Crippen molar-refractivity contribution in [2.24, 2.45) is 0 Å². The number of hydrogen-bond acceptors (Lipinski definition) is 4. The van der Waals surface area contributed by atoms with Gasteiger partial charge in [0.15, 0.2) is 0 Å². The first-order chi connectivity index (χ1) is 7.34. The highest BCUT2D eigenvalue weighted by Gasteiger charge is 1.97. The lowest BCUT2D eigenvalue weighted by Crippen LogP contribution is -2.04. The Balaban J connectivity index is 1.83. The second-order valence-corrected chi connectivity index (χ2v) is 3.88. The molecule has 0 aliphatic carbocycles. The Kier molecular flexibility index (Phi) is 3.24. The van der Waals surface area contributed by atoms with Crippen molar-refractivity contribution in [3.8, 4) is 0 Å². The van der Waals surface area contributed by atoms with Gasteiger partial charge in [0.25, 0.3) is 0 Å². The largest absolute Gasteiger partial charge is 0.360 e. The number of benzene rings is 1. The number of nitrogens with zero attached hydrogens (tertiary/aromatic N) is 2. The molecule has 0 saturated heterocycles. The number of aromatic nitrogens is 2. The van der Waals surface area contributed by atoms with Crippen LogP contribution in [0.15, 0.2) is 29.8 Å². The molecule has 78 valence electrons. The molecule has 0 atom stereocenters. The van der Waals surface area contributed by atoms with E-state index in [1.165, 1.54) is 17.4 Å². The first-order valence-electron chi connectivity index (χ1n) is 4.59. The average Bonchev–Trinajstić information content (AvgIpc) is 2.71. The molecule has 2 aromatic rings. The molecule has 0 bridgehead atoms. The van der Waals surface area contributed by atoms with Gasteiger partial charge in [0.1, 0.15) is 11.3 Å². The van der Waals surface area contributed by atoms with Crippen LogP contribution in [0.25, 0.3) is 0 Å². The first kappa shape index (κ1) is 10.0. The molecule has 0 radical (unpaired) electrons. The standard InChI is InChI=1S/C10H10FN3S/c11-9-3-1-2-8(6-9)4-5-12-10-14-13-7-15-10/h1-3,6-7H,4-5H2,(H,12,14). The molecular formula is C10H10FN3S. The molecule has 5 heteroatoms. The van der Waals surface area contributed by atoms with Gasteiger partial charge in [-0.15, -0.1) is 10.2 Å². The number of nitrogens with one attached hydrogen (secondary N) is 1. The summed E-state index contributed by atoms with van der Waals surface area (Å²) in [5.41, 5.74) is 2.65. The maximum Gasteiger partial charge on any atom is 0.205 e. The van der Waals surface area contributed by atoms with Crippen LogP contribution < -0.4 is 5.32 Å². The summed E-state index contributed by atoms with van der Waals surface area (Å²) in [7, 11) is 0. The lowest BCUT2D eigenvalue weighted by molar-refractivity contribution is 0.625. The Bertz CT molecular complexity index is 416. The second-order valence-electron chi connectivity index (χ2n) is 3.05. The predicted molar refractivity (Wildman–Crippen MR) is 58.5 cm³/mol. The van der Waals surface area contributed by atoms with Gasteiger partial charge >= 0.3 is 0 Å². The Labute approximate surface area is 91.0 Å². The Morgan fingerprint density at radius 1 is 1.40 bits per heavy atom. The summed E-state index contributed by atoms with van der Waals surface area (Å²) >= 11 is 1.45. The molecule has 1 aromatic heterocycles. The van der Waals surface area contributed by atoms with Gasteiger partial charge in [-0.05, 0) is 24.1 Å². The van der Waals surface area contributed by atoms with Crippen molar-refractivity contribution >= 4 is 16.5 Å². The van der Waals surface area contributed by atoms with Crippen LogP contribution in [0, 0.1) is 5.82 Å². The zero-order valence-electron chi connectivity index (χ0n) is 7.98. The highest BCUT2D eigenvalue weighted by Crippen LogP contribution is 2.09. The van der Waals surface area contributed by atoms with Crippen LogP contribution >= 0.6 is 11.3 Å². The average molecular weight is 223 g/mol. The normalized spacial score (nSPS) is 10.2. The van der Waals surface area contributed by atoms with Crippen LogP contribution in [0.5, 0.6) is 0 Å². The summed E-state index contributed by atoms with van der Waals surface area (Å²) in [5, 5.41) is 11.5. The quantitative estimate of drug-likeness (QED) is 0.864. The van der Waals surface area contributed by atoms with Crippen molar-refractivity contribution in [1.29, 1.82) is 0 Å². The van der Waals surface area contributed by atoms with Gasteiger partial charge < -0.3 is 5.32 Å². The van der Waals surface area contributed by atoms with E-state index in [-0.39, 0.29) is 5.82 Å². The number of hydrogen-bond donors (Lipinski definition) is 1. The maximum atomic E-state index is 12.8. The highest BCUT2D eigenvalue weighted by molar-refractivity contribution is 7.13. The van der Waals surface area contributed by atoms with Gasteiger partial charge in [-0.1, -0.05) is 23.5 Å². The Morgan fingerprint density at radius 3 is 3.07 bits per heavy atom. The molecule has 0 aliphatic heterocycles. The molecule has 15 heavy (non-hydrogen) atoms. The molecule has 0 fully saturated rings. The van der Waals surface area contributed by atoms with Gasteiger partial charge in [-0.25, -0.2) is 4.39 Å². The second kappa shape index (κ2) is 4.84. The smallest absolute Gasteiger partial charge is 0.205 e. The number of halogens is 1. The van der Waals surface area contributed by atoms with Crippen molar-refractivity contribution in [3.63, 3.8) is 0 Å². The fourth-order valence-corrected chi connectivity index (χ4v) is 1.73. The highest BCUT2D eigenvalue weighted by atomic mass is 32.1. The van der Waals surface area contributed by atoms with Crippen LogP contribution in [-0.4, -0.2) is 16.7 Å². The topological polar surface area (TPSA) is 37.8 Å². The van der Waals surface area contributed by atoms with E-state index < -0.39 is 0 Å². The number of anilines is 1. The van der Waals surface area contributed by atoms with Gasteiger partial charge in [-0.2, -0.15) is 0 Å². The van der Waals surface area contributed by atoms with Crippen molar-refractivity contribution in [2.45, 2.75) is 6.42 Å². The molecule has 0 unspecified atom stereocenters. The van der Waals surface area contributed by atoms with Gasteiger partial charge in [0.2, 0.25) is 5.13 Å². The molecule has 0 spiro atoms. The van der Waals surface area contributed by atoms with Gasteiger partial charge in [0.05, 0.1) is 0 Å². The van der Waals surface area contributed by atoms with Crippen molar-refractivity contribution in [1.82, 2.24) is 10.2 Å². The van der Waals surface area contributed by atoms with E-state index in [9.17, 15) is 4.39 Å². The third-order valence-electron chi connectivity index (χ3n) is 1.94. The van der Waals surface area contributed by atoms with Gasteiger partial charge in [0, 0.05) is 6.54 Å². The predicted octanol–water partition coefficient (Wildman–Crippen LogP) is 2.33. The van der Waals surface area contributed by atoms with E-state index in [4.69, 9.17) is 0 Å². The monoisotopic (exact) mass is 223 g/mol. The Hall–Kier alpha value is -1.49. The zero-order valence-corrected chi connectivity index (χ0v) is 8.80. The zero-order chi connectivity index (χ0) is 10.5. The first-order valence-corrected chi connectivity index (χ1v) is 5.47. The van der Waals surface area contributed by atoms with Crippen LogP contribution in [-0.2, 0) is 6.42 Å². The molecule has 1 N–H and O–H groups in total. The van der Waals surface area contributed by atoms with E-state index in [2.05, 4.69) is 15.5 Å². The fourth-order valence-electron chi connectivity index (χ4n) is 1.26. The SMILES string of the molecule is Fc1cccc(CCNc2nncs2)c1. The molecule has 2 rings (SSSR count). The minimum Gasteiger partial charge on any atom is -0.360 e. The molecule has 3 nitrogen and oxygen atoms in total. The summed E-state index contributed by atoms with van der Waals surface area (Å²) in [6, 6.07) is 6.62. The van der Waals surface area contributed by atoms with E-state index in [1.807, 2.05) is 6.07 Å². The lowest BCUT2D eigenvalue weighted by Gasteiger charge is -2.02. The molecule has 0 aliphatic rings. The summed E-state index contributed by atoms with van der Waals surface area (Å²) in [5.74, 6) is -0.191. The Morgan fingerprint density at radius 2 is 2.33 bits per heavy atom. The lowest BCUT2D eigenvalue weighted by atomic mass is 10.1. The van der Waals surface area contributed by atoms with E-state index >= 15 is 0 Å². The molecule has 1 heterocycles. The van der Waals surface area contributed by atoms with Crippen LogP contribution in [0.3, 0.4) is 0 Å². The van der Waals surface area contributed by atoms with E-state index in [0.717, 1.165) is 23.7 Å². The third-order valence-corrected chi connectivity index (χ3v) is 2.59. The molecule has 0 amide bonds. The molecule has 0 saturated carbocycles. The van der Waals surface area contributed by atoms with Crippen LogP contribution in [0.4, 0.5) is 9.52 Å². The minimum atomic E-state index is -0.191. The van der Waals surface area contributed by atoms with E-state index in [0.29, 0.717) is 0 Å². The summed E-state index contributed by atoms with van der Waals surface area (Å²) in [6.07, 6.45) is 0.775. The van der Waals surface area contributed by atoms with E-state index in [1.54, 1.807) is 17.6 Å². The summed E-state index contributed by atoms with van der Waals surface area (Å²) in [6.45, 7) is 0.735. The minimum absolute atomic E-state index is 0.191. The van der Waals surface area contributed by atoms with Crippen LogP contribution in [0.2, 0.25) is 0 Å². The van der Waals surface area contributed by atoms with Crippen molar-refractivity contribution in [2.75, 3.05) is 11.9 Å². The summed E-state index contributed by atoms with van der Waals surface area (Å²) < 4.78 is 12.8. The van der Waals surface area contributed by atoms with Crippen molar-refractivity contribution in [3.05, 3.63) is 41.2 Å². The van der Waals surface area contributed by atoms with Crippen LogP contribution in [0.1, 0.15) is 5.56 Å². The van der Waals surface area contributed by atoms with Gasteiger partial charge in [-0.3, -0.25) is 0 Å². The third kappa shape index (κ3) is 2.99.